The van der Waals surface area contributed by atoms with Crippen LogP contribution in [0.1, 0.15) is 43.1 Å². The highest BCUT2D eigenvalue weighted by atomic mass is 16.7. The van der Waals surface area contributed by atoms with Crippen molar-refractivity contribution in [1.29, 1.82) is 0 Å². The van der Waals surface area contributed by atoms with Crippen LogP contribution in [0.2, 0.25) is 0 Å². The van der Waals surface area contributed by atoms with Gasteiger partial charge in [0, 0.05) is 44.1 Å². The minimum atomic E-state index is -0.438. The van der Waals surface area contributed by atoms with Gasteiger partial charge in [0.25, 0.3) is 5.91 Å². The van der Waals surface area contributed by atoms with E-state index in [9.17, 15) is 4.79 Å². The number of aromatic nitrogens is 2. The third kappa shape index (κ3) is 4.57. The number of anilines is 1. The lowest BCUT2D eigenvalue weighted by atomic mass is 10.0. The molecule has 1 aromatic heterocycles. The summed E-state index contributed by atoms with van der Waals surface area (Å²) in [6, 6.07) is 11.6. The molecular formula is C22H28N4O3. The van der Waals surface area contributed by atoms with Crippen molar-refractivity contribution in [3.05, 3.63) is 42.1 Å². The van der Waals surface area contributed by atoms with Gasteiger partial charge in [0.05, 0.1) is 13.2 Å². The first-order valence-electron chi connectivity index (χ1n) is 10.4. The largest absolute Gasteiger partial charge is 0.356 e. The van der Waals surface area contributed by atoms with Gasteiger partial charge >= 0.3 is 0 Å². The molecule has 7 heteroatoms. The molecule has 2 aromatic rings. The van der Waals surface area contributed by atoms with Gasteiger partial charge in [-0.1, -0.05) is 43.7 Å². The van der Waals surface area contributed by atoms with Gasteiger partial charge in [-0.15, -0.1) is 0 Å². The minimum absolute atomic E-state index is 0.157. The van der Waals surface area contributed by atoms with Gasteiger partial charge in [-0.25, -0.2) is 9.97 Å². The lowest BCUT2D eigenvalue weighted by molar-refractivity contribution is -0.169. The van der Waals surface area contributed by atoms with E-state index in [1.54, 1.807) is 6.07 Å². The number of rotatable bonds is 6. The van der Waals surface area contributed by atoms with Gasteiger partial charge in [-0.3, -0.25) is 4.79 Å². The average Bonchev–Trinajstić information content (AvgIpc) is 3.22. The summed E-state index contributed by atoms with van der Waals surface area (Å²) in [6.07, 6.45) is 3.55. The van der Waals surface area contributed by atoms with Crippen molar-refractivity contribution in [3.63, 3.8) is 0 Å². The lowest BCUT2D eigenvalue weighted by Crippen LogP contribution is -2.45. The number of unbranched alkanes of at least 4 members (excludes halogenated alkanes) is 1. The Morgan fingerprint density at radius 2 is 1.86 bits per heavy atom. The Morgan fingerprint density at radius 3 is 2.55 bits per heavy atom. The third-order valence-electron chi connectivity index (χ3n) is 5.46. The fourth-order valence-electron chi connectivity index (χ4n) is 3.76. The number of piperidine rings is 1. The number of carbonyl (C=O) groups excluding carboxylic acids is 1. The molecule has 0 aliphatic carbocycles. The molecule has 1 aromatic carbocycles. The van der Waals surface area contributed by atoms with Crippen LogP contribution >= 0.6 is 0 Å². The second kappa shape index (κ2) is 8.88. The summed E-state index contributed by atoms with van der Waals surface area (Å²) in [6.45, 7) is 5.60. The van der Waals surface area contributed by atoms with E-state index in [-0.39, 0.29) is 5.91 Å². The molecule has 0 unspecified atom stereocenters. The second-order valence-corrected chi connectivity index (χ2v) is 7.51. The summed E-state index contributed by atoms with van der Waals surface area (Å²) in [5.41, 5.74) is 1.30. The van der Waals surface area contributed by atoms with E-state index in [1.165, 1.54) is 0 Å². The zero-order chi connectivity index (χ0) is 20.1. The summed E-state index contributed by atoms with van der Waals surface area (Å²) >= 11 is 0. The topological polar surface area (TPSA) is 76.6 Å². The Labute approximate surface area is 171 Å². The fraction of sp³-hybridized carbons (Fsp3) is 0.500. The fourth-order valence-corrected chi connectivity index (χ4v) is 3.76. The maximum atomic E-state index is 12.7. The van der Waals surface area contributed by atoms with Crippen molar-refractivity contribution >= 4 is 11.7 Å². The van der Waals surface area contributed by atoms with Gasteiger partial charge < -0.3 is 19.7 Å². The normalized spacial score (nSPS) is 18.2. The quantitative estimate of drug-likeness (QED) is 0.757. The molecule has 0 saturated carbocycles. The molecule has 3 heterocycles. The number of nitrogens with one attached hydrogen (secondary N) is 1. The third-order valence-corrected chi connectivity index (χ3v) is 5.46. The van der Waals surface area contributed by atoms with Gasteiger partial charge in [0.1, 0.15) is 11.5 Å². The number of nitrogens with zero attached hydrogens (tertiary/aromatic N) is 3. The maximum Gasteiger partial charge on any atom is 0.270 e. The summed E-state index contributed by atoms with van der Waals surface area (Å²) in [5.74, 6) is 0.742. The standard InChI is InChI=1S/C22H28N4O3/c1-2-3-11-23-21(27)18-16-19(25-20(24-18)17-7-5-4-6-8-17)26-12-9-22(10-13-26)28-14-15-29-22/h4-8,16H,2-3,9-15H2,1H3,(H,23,27). The van der Waals surface area contributed by atoms with Crippen LogP contribution < -0.4 is 10.2 Å². The number of hydrogen-bond donors (Lipinski definition) is 1. The minimum Gasteiger partial charge on any atom is -0.356 e. The van der Waals surface area contributed by atoms with Crippen molar-refractivity contribution < 1.29 is 14.3 Å². The van der Waals surface area contributed by atoms with E-state index in [4.69, 9.17) is 14.5 Å². The van der Waals surface area contributed by atoms with E-state index >= 15 is 0 Å². The van der Waals surface area contributed by atoms with Crippen LogP contribution in [-0.4, -0.2) is 54.5 Å². The molecule has 2 saturated heterocycles. The molecule has 0 radical (unpaired) electrons. The van der Waals surface area contributed by atoms with Crippen LogP contribution in [0.5, 0.6) is 0 Å². The van der Waals surface area contributed by atoms with E-state index in [1.807, 2.05) is 30.3 Å². The molecule has 0 bridgehead atoms. The van der Waals surface area contributed by atoms with E-state index < -0.39 is 5.79 Å². The lowest BCUT2D eigenvalue weighted by Gasteiger charge is -2.38. The van der Waals surface area contributed by atoms with Gasteiger partial charge in [-0.2, -0.15) is 0 Å². The molecule has 7 nitrogen and oxygen atoms in total. The Kier molecular flexibility index (Phi) is 6.06. The van der Waals surface area contributed by atoms with Crippen molar-refractivity contribution in [3.8, 4) is 11.4 Å². The first-order chi connectivity index (χ1) is 14.2. The highest BCUT2D eigenvalue weighted by Gasteiger charge is 2.40. The molecule has 1 amide bonds. The molecule has 1 N–H and O–H groups in total. The van der Waals surface area contributed by atoms with Gasteiger partial charge in [-0.05, 0) is 6.42 Å². The SMILES string of the molecule is CCCCNC(=O)c1cc(N2CCC3(CC2)OCCO3)nc(-c2ccccc2)n1. The molecule has 2 aliphatic heterocycles. The van der Waals surface area contributed by atoms with Crippen molar-refractivity contribution in [2.24, 2.45) is 0 Å². The zero-order valence-corrected chi connectivity index (χ0v) is 16.9. The number of amides is 1. The molecule has 4 rings (SSSR count). The molecular weight excluding hydrogens is 368 g/mol. The van der Waals surface area contributed by atoms with Crippen LogP contribution in [0.15, 0.2) is 36.4 Å². The number of benzene rings is 1. The predicted molar refractivity (Wildman–Crippen MR) is 111 cm³/mol. The Balaban J connectivity index is 1.58. The first-order valence-corrected chi connectivity index (χ1v) is 10.4. The first kappa shape index (κ1) is 19.8. The molecule has 29 heavy (non-hydrogen) atoms. The highest BCUT2D eigenvalue weighted by Crippen LogP contribution is 2.33. The summed E-state index contributed by atoms with van der Waals surface area (Å²) in [5, 5.41) is 2.96. The van der Waals surface area contributed by atoms with Crippen molar-refractivity contribution in [2.75, 3.05) is 37.7 Å². The van der Waals surface area contributed by atoms with E-state index in [2.05, 4.69) is 22.1 Å². The smallest absolute Gasteiger partial charge is 0.270 e. The monoisotopic (exact) mass is 396 g/mol. The predicted octanol–water partition coefficient (Wildman–Crippen LogP) is 3.02. The van der Waals surface area contributed by atoms with E-state index in [0.717, 1.165) is 50.2 Å². The van der Waals surface area contributed by atoms with Crippen LogP contribution in [0.25, 0.3) is 11.4 Å². The number of carbonyl (C=O) groups is 1. The molecule has 0 atom stereocenters. The van der Waals surface area contributed by atoms with Crippen LogP contribution in [0.4, 0.5) is 5.82 Å². The Hall–Kier alpha value is -2.51. The van der Waals surface area contributed by atoms with Gasteiger partial charge in [0.15, 0.2) is 11.6 Å². The van der Waals surface area contributed by atoms with Crippen LogP contribution in [-0.2, 0) is 9.47 Å². The second-order valence-electron chi connectivity index (χ2n) is 7.51. The Morgan fingerprint density at radius 1 is 1.14 bits per heavy atom. The molecule has 154 valence electrons. The van der Waals surface area contributed by atoms with E-state index in [0.29, 0.717) is 31.3 Å². The van der Waals surface area contributed by atoms with Gasteiger partial charge in [0.2, 0.25) is 0 Å². The summed E-state index contributed by atoms with van der Waals surface area (Å²) in [4.78, 5) is 24.2. The molecule has 1 spiro atoms. The maximum absolute atomic E-state index is 12.7. The highest BCUT2D eigenvalue weighted by molar-refractivity contribution is 5.93. The molecule has 2 aliphatic rings. The van der Waals surface area contributed by atoms with Crippen LogP contribution in [0.3, 0.4) is 0 Å². The zero-order valence-electron chi connectivity index (χ0n) is 16.9. The summed E-state index contributed by atoms with van der Waals surface area (Å²) in [7, 11) is 0. The average molecular weight is 396 g/mol. The number of ether oxygens (including phenoxy) is 2. The van der Waals surface area contributed by atoms with Crippen LogP contribution in [0, 0.1) is 0 Å². The molecule has 2 fully saturated rings. The summed E-state index contributed by atoms with van der Waals surface area (Å²) < 4.78 is 11.7. The van der Waals surface area contributed by atoms with Crippen molar-refractivity contribution in [1.82, 2.24) is 15.3 Å². The van der Waals surface area contributed by atoms with Crippen molar-refractivity contribution in [2.45, 2.75) is 38.4 Å². The Bertz CT molecular complexity index is 827. The number of hydrogen-bond acceptors (Lipinski definition) is 6.